The van der Waals surface area contributed by atoms with Gasteiger partial charge in [0.2, 0.25) is 15.9 Å². The highest BCUT2D eigenvalue weighted by atomic mass is 32.2. The molecule has 0 saturated carbocycles. The van der Waals surface area contributed by atoms with Crippen LogP contribution in [0, 0.1) is 18.3 Å². The number of hydrogen-bond acceptors (Lipinski definition) is 8. The number of amides is 1. The van der Waals surface area contributed by atoms with Gasteiger partial charge in [0.25, 0.3) is 0 Å². The number of benzene rings is 2. The Bertz CT molecular complexity index is 1320. The van der Waals surface area contributed by atoms with Crippen molar-refractivity contribution in [3.63, 3.8) is 0 Å². The maximum atomic E-state index is 13.2. The third-order valence-corrected chi connectivity index (χ3v) is 9.11. The quantitative estimate of drug-likeness (QED) is 0.266. The van der Waals surface area contributed by atoms with Crippen LogP contribution in [0.4, 0.5) is 5.69 Å². The van der Waals surface area contributed by atoms with Gasteiger partial charge in [0, 0.05) is 11.6 Å². The van der Waals surface area contributed by atoms with Gasteiger partial charge in [-0.1, -0.05) is 43.7 Å². The first-order valence-corrected chi connectivity index (χ1v) is 15.1. The highest BCUT2D eigenvalue weighted by molar-refractivity contribution is 7.89. The Hall–Kier alpha value is -3.12. The molecule has 4 N–H and O–H groups in total. The van der Waals surface area contributed by atoms with E-state index in [1.807, 2.05) is 20.8 Å². The van der Waals surface area contributed by atoms with Crippen LogP contribution in [0.1, 0.15) is 44.2 Å². The maximum Gasteiger partial charge on any atom is 0.332 e. The Morgan fingerprint density at radius 2 is 1.65 bits per heavy atom. The lowest BCUT2D eigenvalue weighted by molar-refractivity contribution is -0.163. The highest BCUT2D eigenvalue weighted by Crippen LogP contribution is 2.30. The zero-order chi connectivity index (χ0) is 28.9. The van der Waals surface area contributed by atoms with Gasteiger partial charge in [0.15, 0.2) is 0 Å². The van der Waals surface area contributed by atoms with Gasteiger partial charge in [0.1, 0.15) is 12.1 Å². The standard InChI is InChI=1S/C29H38N4O6S/c1-19-4-10-23(11-5-19)40(37,38)33-24(27(35)39-28(36)25-29(2,3)14-17-31-25)18-20-6-8-22(9-7-20)32-26(34)21-12-15-30-16-13-21/h4-11,21,24-25,30-31,33H,12-18H2,1-3H3,(H,32,34)/t24-,25+/m0/s1. The molecule has 40 heavy (non-hydrogen) atoms. The molecule has 0 spiro atoms. The average Bonchev–Trinajstić information content (AvgIpc) is 3.29. The molecule has 0 bridgehead atoms. The number of piperidine rings is 1. The number of nitrogens with one attached hydrogen (secondary N) is 4. The summed E-state index contributed by atoms with van der Waals surface area (Å²) in [7, 11) is -4.10. The van der Waals surface area contributed by atoms with E-state index in [2.05, 4.69) is 20.7 Å². The van der Waals surface area contributed by atoms with E-state index in [4.69, 9.17) is 4.74 Å². The van der Waals surface area contributed by atoms with Crippen molar-refractivity contribution in [2.75, 3.05) is 25.0 Å². The van der Waals surface area contributed by atoms with Gasteiger partial charge < -0.3 is 20.7 Å². The normalized spacial score (nSPS) is 20.0. The van der Waals surface area contributed by atoms with E-state index in [1.165, 1.54) is 12.1 Å². The van der Waals surface area contributed by atoms with Crippen LogP contribution in [0.15, 0.2) is 53.4 Å². The number of ether oxygens (including phenoxy) is 1. The van der Waals surface area contributed by atoms with Crippen LogP contribution in [-0.2, 0) is 35.6 Å². The molecule has 0 radical (unpaired) electrons. The van der Waals surface area contributed by atoms with Crippen molar-refractivity contribution in [2.45, 2.75) is 63.4 Å². The Labute approximate surface area is 235 Å². The molecule has 10 nitrogen and oxygen atoms in total. The summed E-state index contributed by atoms with van der Waals surface area (Å²) in [6.07, 6.45) is 2.24. The molecule has 0 unspecified atom stereocenters. The van der Waals surface area contributed by atoms with Crippen LogP contribution >= 0.6 is 0 Å². The number of anilines is 1. The fourth-order valence-electron chi connectivity index (χ4n) is 5.03. The Morgan fingerprint density at radius 3 is 2.25 bits per heavy atom. The van der Waals surface area contributed by atoms with E-state index in [0.29, 0.717) is 17.8 Å². The van der Waals surface area contributed by atoms with Crippen LogP contribution < -0.4 is 20.7 Å². The van der Waals surface area contributed by atoms with Crippen LogP contribution in [0.3, 0.4) is 0 Å². The molecule has 2 heterocycles. The van der Waals surface area contributed by atoms with Crippen molar-refractivity contribution in [3.05, 3.63) is 59.7 Å². The zero-order valence-corrected chi connectivity index (χ0v) is 24.0. The minimum Gasteiger partial charge on any atom is -0.391 e. The number of carbonyl (C=O) groups excluding carboxylic acids is 3. The second-order valence-corrected chi connectivity index (χ2v) is 13.0. The van der Waals surface area contributed by atoms with Crippen LogP contribution in [0.2, 0.25) is 0 Å². The second-order valence-electron chi connectivity index (χ2n) is 11.3. The molecule has 2 aromatic rings. The largest absolute Gasteiger partial charge is 0.391 e. The summed E-state index contributed by atoms with van der Waals surface area (Å²) >= 11 is 0. The lowest BCUT2D eigenvalue weighted by Gasteiger charge is -2.25. The number of sulfonamides is 1. The number of rotatable bonds is 9. The number of hydrogen-bond donors (Lipinski definition) is 4. The van der Waals surface area contributed by atoms with E-state index in [0.717, 1.165) is 37.9 Å². The molecule has 1 amide bonds. The summed E-state index contributed by atoms with van der Waals surface area (Å²) in [6.45, 7) is 7.89. The van der Waals surface area contributed by atoms with E-state index >= 15 is 0 Å². The van der Waals surface area contributed by atoms with E-state index in [9.17, 15) is 22.8 Å². The maximum absolute atomic E-state index is 13.2. The molecule has 2 aromatic carbocycles. The summed E-state index contributed by atoms with van der Waals surface area (Å²) in [5.41, 5.74) is 1.72. The summed E-state index contributed by atoms with van der Waals surface area (Å²) < 4.78 is 34.0. The SMILES string of the molecule is Cc1ccc(S(=O)(=O)N[C@@H](Cc2ccc(NC(=O)C3CCNCC3)cc2)C(=O)OC(=O)[C@H]2NCCC2(C)C)cc1. The predicted octanol–water partition coefficient (Wildman–Crippen LogP) is 2.28. The van der Waals surface area contributed by atoms with Crippen LogP contribution in [-0.4, -0.2) is 58.0 Å². The molecular weight excluding hydrogens is 532 g/mol. The van der Waals surface area contributed by atoms with Gasteiger partial charge >= 0.3 is 11.9 Å². The first-order chi connectivity index (χ1) is 18.9. The average molecular weight is 571 g/mol. The molecule has 0 aromatic heterocycles. The first kappa shape index (κ1) is 29.9. The van der Waals surface area contributed by atoms with Crippen molar-refractivity contribution in [1.82, 2.24) is 15.4 Å². The smallest absolute Gasteiger partial charge is 0.332 e. The van der Waals surface area contributed by atoms with E-state index < -0.39 is 39.5 Å². The van der Waals surface area contributed by atoms with Gasteiger partial charge in [-0.05, 0) is 87.5 Å². The van der Waals surface area contributed by atoms with Crippen molar-refractivity contribution in [3.8, 4) is 0 Å². The molecule has 0 aliphatic carbocycles. The third kappa shape index (κ3) is 7.54. The third-order valence-electron chi connectivity index (χ3n) is 7.62. The van der Waals surface area contributed by atoms with Crippen molar-refractivity contribution >= 4 is 33.6 Å². The summed E-state index contributed by atoms with van der Waals surface area (Å²) in [5.74, 6) is -1.80. The van der Waals surface area contributed by atoms with Crippen molar-refractivity contribution < 1.29 is 27.5 Å². The minimum atomic E-state index is -4.10. The number of aryl methyl sites for hydroxylation is 1. The van der Waals surface area contributed by atoms with Crippen molar-refractivity contribution in [2.24, 2.45) is 11.3 Å². The molecule has 2 aliphatic heterocycles. The van der Waals surface area contributed by atoms with Gasteiger partial charge in [-0.25, -0.2) is 18.0 Å². The van der Waals surface area contributed by atoms with Gasteiger partial charge in [-0.3, -0.25) is 4.79 Å². The predicted molar refractivity (Wildman–Crippen MR) is 151 cm³/mol. The molecule has 2 fully saturated rings. The fraction of sp³-hybridized carbons (Fsp3) is 0.483. The molecule has 2 aliphatic rings. The van der Waals surface area contributed by atoms with E-state index in [-0.39, 0.29) is 23.1 Å². The van der Waals surface area contributed by atoms with Crippen LogP contribution in [0.25, 0.3) is 0 Å². The van der Waals surface area contributed by atoms with Gasteiger partial charge in [-0.15, -0.1) is 0 Å². The summed E-state index contributed by atoms with van der Waals surface area (Å²) in [4.78, 5) is 38.6. The lowest BCUT2D eigenvalue weighted by atomic mass is 9.85. The zero-order valence-electron chi connectivity index (χ0n) is 23.2. The van der Waals surface area contributed by atoms with Crippen LogP contribution in [0.5, 0.6) is 0 Å². The molecule has 2 atom stereocenters. The summed E-state index contributed by atoms with van der Waals surface area (Å²) in [5, 5.41) is 9.22. The van der Waals surface area contributed by atoms with Gasteiger partial charge in [-0.2, -0.15) is 4.72 Å². The van der Waals surface area contributed by atoms with Gasteiger partial charge in [0.05, 0.1) is 4.90 Å². The Kier molecular flexibility index (Phi) is 9.40. The molecule has 4 rings (SSSR count). The second kappa shape index (κ2) is 12.6. The topological polar surface area (TPSA) is 143 Å². The monoisotopic (exact) mass is 570 g/mol. The lowest BCUT2D eigenvalue weighted by Crippen LogP contribution is -2.47. The number of esters is 2. The molecule has 11 heteroatoms. The fourth-order valence-corrected chi connectivity index (χ4v) is 6.21. The molecule has 2 saturated heterocycles. The Morgan fingerprint density at radius 1 is 1.00 bits per heavy atom. The molecule has 216 valence electrons. The Balaban J connectivity index is 1.49. The number of carbonyl (C=O) groups is 3. The van der Waals surface area contributed by atoms with Crippen molar-refractivity contribution in [1.29, 1.82) is 0 Å². The summed E-state index contributed by atoms with van der Waals surface area (Å²) in [6, 6.07) is 11.0. The first-order valence-electron chi connectivity index (χ1n) is 13.6. The minimum absolute atomic E-state index is 0.00297. The highest BCUT2D eigenvalue weighted by Gasteiger charge is 2.42. The molecular formula is C29H38N4O6S. The van der Waals surface area contributed by atoms with E-state index in [1.54, 1.807) is 36.4 Å².